The van der Waals surface area contributed by atoms with E-state index in [1.54, 1.807) is 49.4 Å². The smallest absolute Gasteiger partial charge is 0.265 e. The van der Waals surface area contributed by atoms with E-state index >= 15 is 0 Å². The van der Waals surface area contributed by atoms with E-state index in [9.17, 15) is 14.4 Å². The van der Waals surface area contributed by atoms with Crippen LogP contribution in [0.1, 0.15) is 25.3 Å². The molecular weight excluding hydrogens is 448 g/mol. The van der Waals surface area contributed by atoms with Crippen LogP contribution >= 0.6 is 27.5 Å². The van der Waals surface area contributed by atoms with Gasteiger partial charge in [0.15, 0.2) is 6.10 Å². The van der Waals surface area contributed by atoms with Gasteiger partial charge in [-0.25, -0.2) is 0 Å². The van der Waals surface area contributed by atoms with Crippen LogP contribution < -0.4 is 10.1 Å². The molecule has 1 aliphatic heterocycles. The number of imide groups is 1. The number of hydrogen-bond donors (Lipinski definition) is 1. The number of anilines is 1. The summed E-state index contributed by atoms with van der Waals surface area (Å²) in [5.74, 6) is -0.0923. The number of nitrogens with zero attached hydrogens (tertiary/aromatic N) is 1. The number of amides is 3. The lowest BCUT2D eigenvalue weighted by atomic mass is 10.2. The Labute approximate surface area is 175 Å². The second-order valence-corrected chi connectivity index (χ2v) is 7.69. The number of hydrogen-bond acceptors (Lipinski definition) is 4. The van der Waals surface area contributed by atoms with Crippen LogP contribution in [-0.2, 0) is 20.9 Å². The predicted octanol–water partition coefficient (Wildman–Crippen LogP) is 4.16. The van der Waals surface area contributed by atoms with E-state index in [1.807, 2.05) is 0 Å². The molecule has 1 aliphatic rings. The maximum Gasteiger partial charge on any atom is 0.265 e. The molecule has 0 spiro atoms. The number of carbonyl (C=O) groups is 3. The standard InChI is InChI=1S/C20H18BrClN2O4/c1-12(28-17-7-4-14(22)10-16(17)21)20(27)23-15-5-2-13(3-6-15)11-24-18(25)8-9-19(24)26/h2-7,10,12H,8-9,11H2,1H3,(H,23,27). The van der Waals surface area contributed by atoms with Gasteiger partial charge in [-0.3, -0.25) is 19.3 Å². The normalized spacial score (nSPS) is 14.9. The number of halogens is 2. The summed E-state index contributed by atoms with van der Waals surface area (Å²) in [6.45, 7) is 1.89. The summed E-state index contributed by atoms with van der Waals surface area (Å²) in [4.78, 5) is 37.0. The Morgan fingerprint density at radius 2 is 1.82 bits per heavy atom. The summed E-state index contributed by atoms with van der Waals surface area (Å²) < 4.78 is 6.33. The number of nitrogens with one attached hydrogen (secondary N) is 1. The van der Waals surface area contributed by atoms with Gasteiger partial charge in [0, 0.05) is 23.6 Å². The minimum absolute atomic E-state index is 0.151. The van der Waals surface area contributed by atoms with Gasteiger partial charge in [0.1, 0.15) is 5.75 Å². The van der Waals surface area contributed by atoms with Crippen molar-refractivity contribution in [3.05, 3.63) is 57.5 Å². The molecule has 6 nitrogen and oxygen atoms in total. The molecule has 1 saturated heterocycles. The molecule has 0 radical (unpaired) electrons. The van der Waals surface area contributed by atoms with Crippen LogP contribution in [-0.4, -0.2) is 28.7 Å². The Bertz CT molecular complexity index is 901. The van der Waals surface area contributed by atoms with Crippen molar-refractivity contribution in [1.29, 1.82) is 0 Å². The van der Waals surface area contributed by atoms with Crippen molar-refractivity contribution in [2.24, 2.45) is 0 Å². The molecule has 3 amide bonds. The topological polar surface area (TPSA) is 75.7 Å². The monoisotopic (exact) mass is 464 g/mol. The van der Waals surface area contributed by atoms with Crippen molar-refractivity contribution in [3.63, 3.8) is 0 Å². The van der Waals surface area contributed by atoms with Gasteiger partial charge in [-0.1, -0.05) is 23.7 Å². The molecule has 8 heteroatoms. The van der Waals surface area contributed by atoms with Crippen molar-refractivity contribution >= 4 is 50.9 Å². The fourth-order valence-electron chi connectivity index (χ4n) is 2.73. The Morgan fingerprint density at radius 1 is 1.18 bits per heavy atom. The average Bonchev–Trinajstić information content (AvgIpc) is 2.97. The molecule has 0 saturated carbocycles. The first-order valence-corrected chi connectivity index (χ1v) is 9.85. The molecule has 1 atom stereocenters. The van der Waals surface area contributed by atoms with Crippen LogP contribution in [0.5, 0.6) is 5.75 Å². The maximum absolute atomic E-state index is 12.4. The first-order chi connectivity index (χ1) is 13.3. The average molecular weight is 466 g/mol. The molecular formula is C20H18BrClN2O4. The van der Waals surface area contributed by atoms with E-state index in [-0.39, 0.29) is 37.1 Å². The molecule has 28 heavy (non-hydrogen) atoms. The highest BCUT2D eigenvalue weighted by atomic mass is 79.9. The minimum atomic E-state index is -0.725. The Kier molecular flexibility index (Phi) is 6.36. The fourth-order valence-corrected chi connectivity index (χ4v) is 3.51. The highest BCUT2D eigenvalue weighted by Crippen LogP contribution is 2.29. The van der Waals surface area contributed by atoms with Gasteiger partial charge in [0.25, 0.3) is 5.91 Å². The predicted molar refractivity (Wildman–Crippen MR) is 109 cm³/mol. The molecule has 3 rings (SSSR count). The number of benzene rings is 2. The van der Waals surface area contributed by atoms with Crippen molar-refractivity contribution < 1.29 is 19.1 Å². The molecule has 1 fully saturated rings. The van der Waals surface area contributed by atoms with Crippen molar-refractivity contribution in [2.75, 3.05) is 5.32 Å². The number of likely N-dealkylation sites (tertiary alicyclic amines) is 1. The lowest BCUT2D eigenvalue weighted by molar-refractivity contribution is -0.139. The summed E-state index contributed by atoms with van der Waals surface area (Å²) in [5.41, 5.74) is 1.41. The van der Waals surface area contributed by atoms with Gasteiger partial charge in [-0.2, -0.15) is 0 Å². The van der Waals surface area contributed by atoms with Crippen LogP contribution in [0, 0.1) is 0 Å². The second-order valence-electron chi connectivity index (χ2n) is 6.39. The second kappa shape index (κ2) is 8.75. The van der Waals surface area contributed by atoms with E-state index in [4.69, 9.17) is 16.3 Å². The lowest BCUT2D eigenvalue weighted by Gasteiger charge is -2.17. The molecule has 2 aromatic carbocycles. The summed E-state index contributed by atoms with van der Waals surface area (Å²) in [7, 11) is 0. The third-order valence-electron chi connectivity index (χ3n) is 4.28. The summed E-state index contributed by atoms with van der Waals surface area (Å²) in [5, 5.41) is 3.34. The molecule has 1 unspecified atom stereocenters. The van der Waals surface area contributed by atoms with E-state index in [1.165, 1.54) is 4.90 Å². The van der Waals surface area contributed by atoms with E-state index in [2.05, 4.69) is 21.2 Å². The first-order valence-electron chi connectivity index (χ1n) is 8.68. The number of rotatable bonds is 6. The SMILES string of the molecule is CC(Oc1ccc(Cl)cc1Br)C(=O)Nc1ccc(CN2C(=O)CCC2=O)cc1. The molecule has 146 valence electrons. The third kappa shape index (κ3) is 4.91. The minimum Gasteiger partial charge on any atom is -0.480 e. The van der Waals surface area contributed by atoms with Crippen molar-refractivity contribution in [2.45, 2.75) is 32.4 Å². The molecule has 0 aromatic heterocycles. The number of ether oxygens (including phenoxy) is 1. The summed E-state index contributed by atoms with van der Waals surface area (Å²) >= 11 is 9.25. The Hall–Kier alpha value is -2.38. The first kappa shape index (κ1) is 20.4. The molecule has 0 aliphatic carbocycles. The van der Waals surface area contributed by atoms with Gasteiger partial charge in [-0.15, -0.1) is 0 Å². The van der Waals surface area contributed by atoms with Gasteiger partial charge in [0.2, 0.25) is 11.8 Å². The molecule has 1 N–H and O–H groups in total. The van der Waals surface area contributed by atoms with E-state index < -0.39 is 6.10 Å². The van der Waals surface area contributed by atoms with Crippen molar-refractivity contribution in [3.8, 4) is 5.75 Å². The van der Waals surface area contributed by atoms with Crippen LogP contribution in [0.2, 0.25) is 5.02 Å². The lowest BCUT2D eigenvalue weighted by Crippen LogP contribution is -2.30. The fraction of sp³-hybridized carbons (Fsp3) is 0.250. The highest BCUT2D eigenvalue weighted by Gasteiger charge is 2.28. The Morgan fingerprint density at radius 3 is 2.43 bits per heavy atom. The van der Waals surface area contributed by atoms with Gasteiger partial charge < -0.3 is 10.1 Å². The number of carbonyl (C=O) groups excluding carboxylic acids is 3. The zero-order chi connectivity index (χ0) is 20.3. The third-order valence-corrected chi connectivity index (χ3v) is 5.14. The van der Waals surface area contributed by atoms with E-state index in [0.717, 1.165) is 5.56 Å². The summed E-state index contributed by atoms with van der Waals surface area (Å²) in [6, 6.07) is 12.1. The van der Waals surface area contributed by atoms with Crippen LogP contribution in [0.25, 0.3) is 0 Å². The largest absolute Gasteiger partial charge is 0.480 e. The summed E-state index contributed by atoms with van der Waals surface area (Å²) in [6.07, 6.45) is -0.180. The zero-order valence-corrected chi connectivity index (χ0v) is 17.4. The van der Waals surface area contributed by atoms with Gasteiger partial charge >= 0.3 is 0 Å². The van der Waals surface area contributed by atoms with Crippen LogP contribution in [0.15, 0.2) is 46.9 Å². The van der Waals surface area contributed by atoms with E-state index in [0.29, 0.717) is 20.9 Å². The van der Waals surface area contributed by atoms with Gasteiger partial charge in [-0.05, 0) is 58.7 Å². The van der Waals surface area contributed by atoms with Crippen molar-refractivity contribution in [1.82, 2.24) is 4.90 Å². The zero-order valence-electron chi connectivity index (χ0n) is 15.1. The molecule has 1 heterocycles. The molecule has 0 bridgehead atoms. The van der Waals surface area contributed by atoms with Crippen LogP contribution in [0.4, 0.5) is 5.69 Å². The Balaban J connectivity index is 1.57. The molecule has 2 aromatic rings. The van der Waals surface area contributed by atoms with Crippen LogP contribution in [0.3, 0.4) is 0 Å². The highest BCUT2D eigenvalue weighted by molar-refractivity contribution is 9.10. The quantitative estimate of drug-likeness (QED) is 0.650. The van der Waals surface area contributed by atoms with Gasteiger partial charge in [0.05, 0.1) is 11.0 Å². The maximum atomic E-state index is 12.4.